The maximum atomic E-state index is 4.62. The van der Waals surface area contributed by atoms with Gasteiger partial charge in [-0.3, -0.25) is 0 Å². The summed E-state index contributed by atoms with van der Waals surface area (Å²) < 4.78 is 0. The second-order valence-electron chi connectivity index (χ2n) is 22.7. The molecule has 66 heavy (non-hydrogen) atoms. The standard InChI is InChI=1S/C66H86/c1-8-14-55-19-13-20-56(44-55)27-26-54-34-39-61(40-35-54)66(6,7)60-37-32-53(33-38-60)17-10-9-15-51-22-28-58(29-23-51)45-59-30-24-52(25-31-59)16-11-12-18-57-36-42-63-49(4)65(50(5)64(63)46-57)62-41-21-47(2)43-48(62)3/h13,19-20,32-40,42,44,46,51-52,58-59,62,65H,2-5,8-12,14-18,21-31,41,43,45H2,1,6-7H3. The van der Waals surface area contributed by atoms with Crippen LogP contribution in [-0.4, -0.2) is 0 Å². The van der Waals surface area contributed by atoms with Crippen LogP contribution in [0.5, 0.6) is 0 Å². The molecule has 0 aliphatic heterocycles. The van der Waals surface area contributed by atoms with Crippen molar-refractivity contribution in [2.75, 3.05) is 0 Å². The first-order chi connectivity index (χ1) is 32.0. The molecule has 4 aromatic carbocycles. The maximum Gasteiger partial charge on any atom is 0.0155 e. The minimum absolute atomic E-state index is 0.00399. The Morgan fingerprint density at radius 1 is 0.485 bits per heavy atom. The summed E-state index contributed by atoms with van der Waals surface area (Å²) in [7, 11) is 0. The van der Waals surface area contributed by atoms with Gasteiger partial charge in [0.1, 0.15) is 0 Å². The van der Waals surface area contributed by atoms with Crippen molar-refractivity contribution in [3.05, 3.63) is 179 Å². The van der Waals surface area contributed by atoms with Crippen molar-refractivity contribution in [3.8, 4) is 0 Å². The molecule has 4 aliphatic rings. The quantitative estimate of drug-likeness (QED) is 0.0613. The van der Waals surface area contributed by atoms with Crippen molar-refractivity contribution >= 4 is 11.1 Å². The number of fused-ring (bicyclic) bond motifs is 1. The molecule has 4 aliphatic carbocycles. The monoisotopic (exact) mass is 879 g/mol. The van der Waals surface area contributed by atoms with Crippen molar-refractivity contribution in [1.29, 1.82) is 0 Å². The molecule has 0 bridgehead atoms. The Morgan fingerprint density at radius 3 is 1.55 bits per heavy atom. The van der Waals surface area contributed by atoms with Crippen LogP contribution < -0.4 is 0 Å². The average Bonchev–Trinajstić information content (AvgIpc) is 3.57. The van der Waals surface area contributed by atoms with Crippen LogP contribution in [0.15, 0.2) is 128 Å². The molecule has 350 valence electrons. The van der Waals surface area contributed by atoms with Crippen LogP contribution in [0.4, 0.5) is 0 Å². The molecular formula is C66H86. The molecule has 3 fully saturated rings. The Balaban J connectivity index is 0.670. The summed E-state index contributed by atoms with van der Waals surface area (Å²) in [6, 6.07) is 35.4. The predicted octanol–water partition coefficient (Wildman–Crippen LogP) is 18.4. The second kappa shape index (κ2) is 22.8. The molecule has 2 atom stereocenters. The Labute approximate surface area is 403 Å². The van der Waals surface area contributed by atoms with E-state index in [0.29, 0.717) is 11.8 Å². The van der Waals surface area contributed by atoms with Crippen LogP contribution in [0.2, 0.25) is 0 Å². The maximum absolute atomic E-state index is 4.62. The Kier molecular flexibility index (Phi) is 16.7. The molecule has 0 aromatic heterocycles. The molecule has 0 nitrogen and oxygen atoms in total. The molecule has 2 unspecified atom stereocenters. The van der Waals surface area contributed by atoms with Crippen LogP contribution in [0.1, 0.15) is 193 Å². The van der Waals surface area contributed by atoms with Gasteiger partial charge in [0.05, 0.1) is 0 Å². The number of hydrogen-bond acceptors (Lipinski definition) is 0. The highest BCUT2D eigenvalue weighted by Gasteiger charge is 2.37. The van der Waals surface area contributed by atoms with Gasteiger partial charge in [-0.1, -0.05) is 233 Å². The zero-order chi connectivity index (χ0) is 46.0. The van der Waals surface area contributed by atoms with Crippen molar-refractivity contribution < 1.29 is 0 Å². The summed E-state index contributed by atoms with van der Waals surface area (Å²) >= 11 is 0. The zero-order valence-electron chi connectivity index (χ0n) is 41.9. The van der Waals surface area contributed by atoms with Gasteiger partial charge in [0.15, 0.2) is 0 Å². The molecule has 0 amide bonds. The Morgan fingerprint density at radius 2 is 0.970 bits per heavy atom. The fourth-order valence-electron chi connectivity index (χ4n) is 13.2. The smallest absolute Gasteiger partial charge is 0.0155 e. The van der Waals surface area contributed by atoms with Crippen molar-refractivity contribution in [1.82, 2.24) is 0 Å². The van der Waals surface area contributed by atoms with Gasteiger partial charge in [0.25, 0.3) is 0 Å². The van der Waals surface area contributed by atoms with Gasteiger partial charge < -0.3 is 0 Å². The van der Waals surface area contributed by atoms with Crippen molar-refractivity contribution in [2.24, 2.45) is 35.5 Å². The van der Waals surface area contributed by atoms with E-state index in [0.717, 1.165) is 55.8 Å². The number of unbranched alkanes of at least 4 members (excludes halogenated alkanes) is 2. The van der Waals surface area contributed by atoms with E-state index in [1.54, 1.807) is 0 Å². The van der Waals surface area contributed by atoms with E-state index in [1.165, 1.54) is 194 Å². The van der Waals surface area contributed by atoms with Gasteiger partial charge in [-0.15, -0.1) is 0 Å². The largest absolute Gasteiger partial charge is 0.0995 e. The normalized spacial score (nSPS) is 23.6. The van der Waals surface area contributed by atoms with Crippen molar-refractivity contribution in [3.63, 3.8) is 0 Å². The lowest BCUT2D eigenvalue weighted by atomic mass is 9.72. The zero-order valence-corrected chi connectivity index (χ0v) is 41.9. The number of rotatable bonds is 20. The van der Waals surface area contributed by atoms with Crippen LogP contribution in [-0.2, 0) is 37.5 Å². The lowest BCUT2D eigenvalue weighted by Crippen LogP contribution is -2.21. The molecule has 0 heteroatoms. The molecule has 3 saturated carbocycles. The Hall–Kier alpha value is -4.16. The highest BCUT2D eigenvalue weighted by molar-refractivity contribution is 5.94. The average molecular weight is 879 g/mol. The Bertz CT molecular complexity index is 2240. The van der Waals surface area contributed by atoms with Gasteiger partial charge >= 0.3 is 0 Å². The van der Waals surface area contributed by atoms with E-state index < -0.39 is 0 Å². The number of aryl methyl sites for hydroxylation is 5. The third-order valence-electron chi connectivity index (χ3n) is 17.6. The molecule has 0 saturated heterocycles. The third kappa shape index (κ3) is 12.3. The molecule has 0 heterocycles. The summed E-state index contributed by atoms with van der Waals surface area (Å²) in [4.78, 5) is 0. The van der Waals surface area contributed by atoms with Crippen LogP contribution in [0.25, 0.3) is 11.1 Å². The highest BCUT2D eigenvalue weighted by Crippen LogP contribution is 2.52. The van der Waals surface area contributed by atoms with Gasteiger partial charge in [-0.25, -0.2) is 0 Å². The fraction of sp³-hybridized carbons (Fsp3) is 0.515. The minimum atomic E-state index is -0.00399. The minimum Gasteiger partial charge on any atom is -0.0995 e. The topological polar surface area (TPSA) is 0 Å². The SMILES string of the molecule is C=C1CCC(C2C(=C)c3ccc(CCCCC4CCC(CC5CCC(CCCCc6ccc(C(C)(C)c7ccc(CCc8cccc(CCC)c8)cc7)cc6)CC5)CC4)cc3C2=C)C(=C)C1. The molecule has 8 rings (SSSR count). The van der Waals surface area contributed by atoms with Gasteiger partial charge in [-0.2, -0.15) is 0 Å². The first-order valence-corrected chi connectivity index (χ1v) is 27.2. The van der Waals surface area contributed by atoms with Gasteiger partial charge in [-0.05, 0) is 161 Å². The number of allylic oxidation sites excluding steroid dienone is 4. The van der Waals surface area contributed by atoms with Crippen LogP contribution >= 0.6 is 0 Å². The lowest BCUT2D eigenvalue weighted by molar-refractivity contribution is 0.183. The summed E-state index contributed by atoms with van der Waals surface area (Å²) in [6.45, 7) is 24.9. The van der Waals surface area contributed by atoms with E-state index in [-0.39, 0.29) is 5.41 Å². The van der Waals surface area contributed by atoms with E-state index in [4.69, 9.17) is 0 Å². The first-order valence-electron chi connectivity index (χ1n) is 27.2. The van der Waals surface area contributed by atoms with E-state index >= 15 is 0 Å². The van der Waals surface area contributed by atoms with Crippen LogP contribution in [0.3, 0.4) is 0 Å². The summed E-state index contributed by atoms with van der Waals surface area (Å²) in [6.07, 6.45) is 31.9. The number of hydrogen-bond donors (Lipinski definition) is 0. The molecule has 4 aromatic rings. The molecule has 0 radical (unpaired) electrons. The highest BCUT2D eigenvalue weighted by atomic mass is 14.4. The summed E-state index contributed by atoms with van der Waals surface area (Å²) in [5.74, 6) is 4.71. The van der Waals surface area contributed by atoms with Gasteiger partial charge in [0, 0.05) is 11.3 Å². The van der Waals surface area contributed by atoms with E-state index in [1.807, 2.05) is 0 Å². The van der Waals surface area contributed by atoms with E-state index in [9.17, 15) is 0 Å². The molecule has 0 N–H and O–H groups in total. The van der Waals surface area contributed by atoms with E-state index in [2.05, 4.69) is 138 Å². The number of benzene rings is 4. The first kappa shape index (κ1) is 48.3. The molecule has 0 spiro atoms. The lowest BCUT2D eigenvalue weighted by Gasteiger charge is -2.34. The van der Waals surface area contributed by atoms with Crippen molar-refractivity contribution in [2.45, 2.75) is 180 Å². The second-order valence-corrected chi connectivity index (χ2v) is 22.7. The third-order valence-corrected chi connectivity index (χ3v) is 17.6. The molecular weight excluding hydrogens is 793 g/mol. The summed E-state index contributed by atoms with van der Waals surface area (Å²) in [5.41, 5.74) is 18.0. The van der Waals surface area contributed by atoms with Gasteiger partial charge in [0.2, 0.25) is 0 Å². The summed E-state index contributed by atoms with van der Waals surface area (Å²) in [5, 5.41) is 0. The fourth-order valence-corrected chi connectivity index (χ4v) is 13.2. The van der Waals surface area contributed by atoms with Crippen LogP contribution in [0, 0.1) is 35.5 Å². The predicted molar refractivity (Wildman–Crippen MR) is 287 cm³/mol.